The number of amidine groups is 1. The van der Waals surface area contributed by atoms with Crippen LogP contribution in [0.15, 0.2) is 41.2 Å². The molecule has 0 aliphatic heterocycles. The molecule has 1 aromatic heterocycles. The van der Waals surface area contributed by atoms with Crippen molar-refractivity contribution in [3.8, 4) is 0 Å². The van der Waals surface area contributed by atoms with Gasteiger partial charge in [-0.1, -0.05) is 6.07 Å². The lowest BCUT2D eigenvalue weighted by Gasteiger charge is -2.08. The molecule has 0 unspecified atom stereocenters. The van der Waals surface area contributed by atoms with Gasteiger partial charge in [0.2, 0.25) is 0 Å². The lowest BCUT2D eigenvalue weighted by atomic mass is 10.3. The zero-order chi connectivity index (χ0) is 13.6. The summed E-state index contributed by atoms with van der Waals surface area (Å²) in [5.41, 5.74) is 4.12. The minimum atomic E-state index is -4.45. The van der Waals surface area contributed by atoms with Crippen molar-refractivity contribution in [1.29, 1.82) is 0 Å². The van der Waals surface area contributed by atoms with Gasteiger partial charge in [0, 0.05) is 18.9 Å². The SMILES string of the molecule is CC(=N/C=C(\CN)C(F)(F)F)Nc1ccccn1. The number of aromatic nitrogens is 1. The molecule has 0 spiro atoms. The third-order valence-electron chi connectivity index (χ3n) is 1.97. The van der Waals surface area contributed by atoms with Gasteiger partial charge in [-0.15, -0.1) is 0 Å². The molecule has 98 valence electrons. The van der Waals surface area contributed by atoms with E-state index in [1.807, 2.05) is 0 Å². The van der Waals surface area contributed by atoms with E-state index in [0.29, 0.717) is 17.9 Å². The van der Waals surface area contributed by atoms with Gasteiger partial charge in [0.1, 0.15) is 11.7 Å². The van der Waals surface area contributed by atoms with Crippen LogP contribution in [-0.4, -0.2) is 23.5 Å². The average Bonchev–Trinajstić information content (AvgIpc) is 2.29. The largest absolute Gasteiger partial charge is 0.415 e. The zero-order valence-electron chi connectivity index (χ0n) is 9.70. The Morgan fingerprint density at radius 1 is 1.50 bits per heavy atom. The van der Waals surface area contributed by atoms with Crippen LogP contribution in [0, 0.1) is 0 Å². The van der Waals surface area contributed by atoms with E-state index in [1.54, 1.807) is 24.4 Å². The predicted molar refractivity (Wildman–Crippen MR) is 64.2 cm³/mol. The predicted octanol–water partition coefficient (Wildman–Crippen LogP) is 2.32. The van der Waals surface area contributed by atoms with Crippen LogP contribution in [0.4, 0.5) is 19.0 Å². The van der Waals surface area contributed by atoms with Crippen LogP contribution < -0.4 is 11.1 Å². The van der Waals surface area contributed by atoms with Crippen molar-refractivity contribution in [1.82, 2.24) is 4.98 Å². The van der Waals surface area contributed by atoms with E-state index < -0.39 is 18.3 Å². The van der Waals surface area contributed by atoms with E-state index >= 15 is 0 Å². The summed E-state index contributed by atoms with van der Waals surface area (Å²) in [7, 11) is 0. The highest BCUT2D eigenvalue weighted by Crippen LogP contribution is 2.24. The highest BCUT2D eigenvalue weighted by molar-refractivity contribution is 5.92. The van der Waals surface area contributed by atoms with Gasteiger partial charge in [0.05, 0.1) is 5.57 Å². The molecule has 0 saturated heterocycles. The van der Waals surface area contributed by atoms with Crippen LogP contribution in [0.2, 0.25) is 0 Å². The van der Waals surface area contributed by atoms with Crippen LogP contribution in [0.1, 0.15) is 6.92 Å². The number of hydrogen-bond donors (Lipinski definition) is 2. The number of hydrogen-bond acceptors (Lipinski definition) is 3. The maximum atomic E-state index is 12.3. The fourth-order valence-corrected chi connectivity index (χ4v) is 1.07. The fraction of sp³-hybridized carbons (Fsp3) is 0.273. The molecule has 0 atom stereocenters. The number of rotatable bonds is 3. The highest BCUT2D eigenvalue weighted by Gasteiger charge is 2.32. The Balaban J connectivity index is 2.75. The third kappa shape index (κ3) is 4.54. The second-order valence-corrected chi connectivity index (χ2v) is 3.41. The molecule has 1 aromatic rings. The van der Waals surface area contributed by atoms with E-state index in [-0.39, 0.29) is 0 Å². The quantitative estimate of drug-likeness (QED) is 0.646. The number of anilines is 1. The van der Waals surface area contributed by atoms with Crippen LogP contribution in [0.3, 0.4) is 0 Å². The molecule has 0 aliphatic carbocycles. The van der Waals surface area contributed by atoms with E-state index in [9.17, 15) is 13.2 Å². The van der Waals surface area contributed by atoms with Crippen LogP contribution in [-0.2, 0) is 0 Å². The van der Waals surface area contributed by atoms with Crippen molar-refractivity contribution in [2.45, 2.75) is 13.1 Å². The van der Waals surface area contributed by atoms with Crippen LogP contribution >= 0.6 is 0 Å². The van der Waals surface area contributed by atoms with Gasteiger partial charge in [-0.3, -0.25) is 0 Å². The van der Waals surface area contributed by atoms with Crippen molar-refractivity contribution >= 4 is 11.7 Å². The first-order chi connectivity index (χ1) is 8.43. The molecular weight excluding hydrogens is 245 g/mol. The fourth-order valence-electron chi connectivity index (χ4n) is 1.07. The summed E-state index contributed by atoms with van der Waals surface area (Å²) in [6.45, 7) is 0.930. The molecule has 0 saturated carbocycles. The van der Waals surface area contributed by atoms with Gasteiger partial charge < -0.3 is 11.1 Å². The Kier molecular flexibility index (Phi) is 4.85. The summed E-state index contributed by atoms with van der Waals surface area (Å²) in [6.07, 6.45) is -2.18. The topological polar surface area (TPSA) is 63.3 Å². The summed E-state index contributed by atoms with van der Waals surface area (Å²) in [4.78, 5) is 7.62. The smallest absolute Gasteiger partial charge is 0.329 e. The normalized spacial score (nSPS) is 13.6. The second-order valence-electron chi connectivity index (χ2n) is 3.41. The minimum absolute atomic E-state index is 0.295. The molecule has 1 heterocycles. The second kappa shape index (κ2) is 6.15. The number of pyridine rings is 1. The van der Waals surface area contributed by atoms with Gasteiger partial charge in [-0.2, -0.15) is 13.2 Å². The average molecular weight is 258 g/mol. The molecular formula is C11H13F3N4. The van der Waals surface area contributed by atoms with Gasteiger partial charge >= 0.3 is 6.18 Å². The summed E-state index contributed by atoms with van der Waals surface area (Å²) in [5.74, 6) is 0.803. The Hall–Kier alpha value is -1.89. The maximum absolute atomic E-state index is 12.3. The molecule has 18 heavy (non-hydrogen) atoms. The number of halogens is 3. The van der Waals surface area contributed by atoms with Gasteiger partial charge in [-0.05, 0) is 19.1 Å². The van der Waals surface area contributed by atoms with Crippen molar-refractivity contribution in [2.75, 3.05) is 11.9 Å². The van der Waals surface area contributed by atoms with Gasteiger partial charge in [-0.25, -0.2) is 9.98 Å². The molecule has 0 radical (unpaired) electrons. The number of aliphatic imine (C=N–C) groups is 1. The molecule has 0 fully saturated rings. The summed E-state index contributed by atoms with van der Waals surface area (Å²) in [5, 5.41) is 2.76. The molecule has 7 heteroatoms. The number of alkyl halides is 3. The summed E-state index contributed by atoms with van der Waals surface area (Å²) < 4.78 is 37.0. The van der Waals surface area contributed by atoms with Crippen LogP contribution in [0.25, 0.3) is 0 Å². The summed E-state index contributed by atoms with van der Waals surface area (Å²) in [6, 6.07) is 5.16. The highest BCUT2D eigenvalue weighted by atomic mass is 19.4. The maximum Gasteiger partial charge on any atom is 0.415 e. The standard InChI is InChI=1S/C11H13F3N4/c1-8(18-10-4-2-3-5-16-10)17-7-9(6-15)11(12,13)14/h2-5,7H,6,15H2,1H3,(H,16,17,18)/b9-7+. The number of nitrogens with zero attached hydrogens (tertiary/aromatic N) is 2. The molecule has 0 aliphatic rings. The van der Waals surface area contributed by atoms with E-state index in [1.165, 1.54) is 6.92 Å². The van der Waals surface area contributed by atoms with Crippen LogP contribution in [0.5, 0.6) is 0 Å². The Morgan fingerprint density at radius 2 is 2.22 bits per heavy atom. The zero-order valence-corrected chi connectivity index (χ0v) is 9.70. The van der Waals surface area contributed by atoms with Crippen molar-refractivity contribution in [3.63, 3.8) is 0 Å². The Morgan fingerprint density at radius 3 is 2.72 bits per heavy atom. The molecule has 0 aromatic carbocycles. The first-order valence-electron chi connectivity index (χ1n) is 5.12. The van der Waals surface area contributed by atoms with E-state index in [0.717, 1.165) is 0 Å². The lowest BCUT2D eigenvalue weighted by Crippen LogP contribution is -2.19. The Labute approximate surface area is 102 Å². The van der Waals surface area contributed by atoms with E-state index in [4.69, 9.17) is 5.73 Å². The first kappa shape index (κ1) is 14.2. The van der Waals surface area contributed by atoms with Crippen molar-refractivity contribution in [2.24, 2.45) is 10.7 Å². The Bertz CT molecular complexity index is 437. The third-order valence-corrected chi connectivity index (χ3v) is 1.97. The molecule has 3 N–H and O–H groups in total. The molecule has 0 amide bonds. The van der Waals surface area contributed by atoms with Gasteiger partial charge in [0.25, 0.3) is 0 Å². The van der Waals surface area contributed by atoms with Crippen molar-refractivity contribution < 1.29 is 13.2 Å². The molecule has 4 nitrogen and oxygen atoms in total. The summed E-state index contributed by atoms with van der Waals surface area (Å²) >= 11 is 0. The molecule has 0 bridgehead atoms. The minimum Gasteiger partial charge on any atom is -0.329 e. The van der Waals surface area contributed by atoms with Crippen molar-refractivity contribution in [3.05, 3.63) is 36.2 Å². The first-order valence-corrected chi connectivity index (χ1v) is 5.12. The van der Waals surface area contributed by atoms with E-state index in [2.05, 4.69) is 15.3 Å². The molecule has 1 rings (SSSR count). The number of nitrogens with two attached hydrogens (primary N) is 1. The van der Waals surface area contributed by atoms with Gasteiger partial charge in [0.15, 0.2) is 0 Å². The monoisotopic (exact) mass is 258 g/mol. The number of nitrogens with one attached hydrogen (secondary N) is 1. The lowest BCUT2D eigenvalue weighted by molar-refractivity contribution is -0.0923.